The van der Waals surface area contributed by atoms with Gasteiger partial charge in [-0.05, 0) is 0 Å². The van der Waals surface area contributed by atoms with Crippen molar-refractivity contribution < 1.29 is 0 Å². The number of hydrogen-bond acceptors (Lipinski definition) is 1. The average molecular weight is 472 g/mol. The summed E-state index contributed by atoms with van der Waals surface area (Å²) in [4.78, 5) is 4.91. The van der Waals surface area contributed by atoms with E-state index in [0.717, 1.165) is 5.69 Å². The van der Waals surface area contributed by atoms with Gasteiger partial charge in [0, 0.05) is 0 Å². The van der Waals surface area contributed by atoms with E-state index in [0.29, 0.717) is 0 Å². The molecular formula is C30H25GeN. The topological polar surface area (TPSA) is 12.9 Å². The first-order valence-electron chi connectivity index (χ1n) is 11.2. The summed E-state index contributed by atoms with van der Waals surface area (Å²) in [7, 11) is 0. The minimum atomic E-state index is -1.87. The van der Waals surface area contributed by atoms with E-state index in [-0.39, 0.29) is 0 Å². The fourth-order valence-electron chi connectivity index (χ4n) is 4.84. The molecule has 0 saturated carbocycles. The molecule has 0 bridgehead atoms. The van der Waals surface area contributed by atoms with Crippen LogP contribution in [0.25, 0.3) is 54.3 Å². The molecule has 2 heteroatoms. The molecule has 0 aliphatic heterocycles. The SMILES string of the molecule is [CH3][Ge]([CH3])([CH3])[c]1ccc2c(ccc3cnc(-c4cc5ccccc5c5ccccc45)cc32)c1. The Morgan fingerprint density at radius 3 is 2.00 bits per heavy atom. The Morgan fingerprint density at radius 2 is 1.19 bits per heavy atom. The number of aromatic nitrogens is 1. The van der Waals surface area contributed by atoms with Gasteiger partial charge in [0.25, 0.3) is 0 Å². The summed E-state index contributed by atoms with van der Waals surface area (Å²) in [6, 6.07) is 33.5. The van der Waals surface area contributed by atoms with E-state index in [1.807, 2.05) is 6.20 Å². The molecule has 0 aliphatic carbocycles. The van der Waals surface area contributed by atoms with Crippen LogP contribution < -0.4 is 4.40 Å². The molecule has 32 heavy (non-hydrogen) atoms. The van der Waals surface area contributed by atoms with Crippen LogP contribution >= 0.6 is 0 Å². The monoisotopic (exact) mass is 473 g/mol. The van der Waals surface area contributed by atoms with E-state index in [4.69, 9.17) is 4.98 Å². The van der Waals surface area contributed by atoms with Crippen molar-refractivity contribution in [3.05, 3.63) is 97.2 Å². The van der Waals surface area contributed by atoms with Crippen LogP contribution in [0.4, 0.5) is 0 Å². The maximum absolute atomic E-state index is 4.91. The Bertz CT molecular complexity index is 1660. The number of rotatable bonds is 2. The van der Waals surface area contributed by atoms with Gasteiger partial charge in [-0.3, -0.25) is 0 Å². The third kappa shape index (κ3) is 3.11. The van der Waals surface area contributed by atoms with Gasteiger partial charge in [-0.1, -0.05) is 6.07 Å². The Kier molecular flexibility index (Phi) is 4.38. The van der Waals surface area contributed by atoms with Crippen LogP contribution in [-0.2, 0) is 0 Å². The van der Waals surface area contributed by atoms with Crippen molar-refractivity contribution in [2.45, 2.75) is 17.3 Å². The van der Waals surface area contributed by atoms with Crippen LogP contribution in [0.1, 0.15) is 0 Å². The number of hydrogen-bond donors (Lipinski definition) is 0. The van der Waals surface area contributed by atoms with Gasteiger partial charge in [0.2, 0.25) is 0 Å². The summed E-state index contributed by atoms with van der Waals surface area (Å²) >= 11 is -1.87. The van der Waals surface area contributed by atoms with Crippen LogP contribution in [0, 0.1) is 0 Å². The standard InChI is InChI=1S/C30H25GeN/c1-31(2,3)23-14-15-25-21(16-23)12-13-22-19-32-30(18-28(22)25)29-17-20-8-4-5-9-24(20)26-10-6-7-11-27(26)29/h4-19H,1-3H3. The van der Waals surface area contributed by atoms with Gasteiger partial charge < -0.3 is 0 Å². The summed E-state index contributed by atoms with van der Waals surface area (Å²) in [5.74, 6) is 7.36. The molecule has 0 N–H and O–H groups in total. The molecular weight excluding hydrogens is 447 g/mol. The fraction of sp³-hybridized carbons (Fsp3) is 0.100. The molecule has 0 amide bonds. The van der Waals surface area contributed by atoms with Gasteiger partial charge in [0.15, 0.2) is 0 Å². The molecule has 154 valence electrons. The van der Waals surface area contributed by atoms with E-state index in [2.05, 4.69) is 108 Å². The number of benzene rings is 5. The van der Waals surface area contributed by atoms with E-state index in [9.17, 15) is 0 Å². The first-order chi connectivity index (χ1) is 15.5. The second kappa shape index (κ2) is 7.18. The second-order valence-corrected chi connectivity index (χ2v) is 20.4. The zero-order valence-electron chi connectivity index (χ0n) is 18.7. The van der Waals surface area contributed by atoms with Gasteiger partial charge in [0.1, 0.15) is 0 Å². The van der Waals surface area contributed by atoms with Gasteiger partial charge in [0.05, 0.1) is 0 Å². The van der Waals surface area contributed by atoms with Crippen molar-refractivity contribution in [2.75, 3.05) is 0 Å². The van der Waals surface area contributed by atoms with Crippen LogP contribution in [0.2, 0.25) is 17.3 Å². The number of fused-ring (bicyclic) bond motifs is 6. The maximum atomic E-state index is 4.91. The van der Waals surface area contributed by atoms with E-state index < -0.39 is 13.3 Å². The summed E-state index contributed by atoms with van der Waals surface area (Å²) in [6.07, 6.45) is 2.03. The summed E-state index contributed by atoms with van der Waals surface area (Å²) < 4.78 is 1.55. The predicted octanol–water partition coefficient (Wildman–Crippen LogP) is 7.91. The van der Waals surface area contributed by atoms with Gasteiger partial charge in [-0.15, -0.1) is 0 Å². The fourth-order valence-corrected chi connectivity index (χ4v) is 7.30. The van der Waals surface area contributed by atoms with Gasteiger partial charge in [-0.25, -0.2) is 0 Å². The molecule has 0 aliphatic rings. The zero-order chi connectivity index (χ0) is 21.9. The Hall–Kier alpha value is -3.17. The Balaban J connectivity index is 1.64. The average Bonchev–Trinajstić information content (AvgIpc) is 2.82. The summed E-state index contributed by atoms with van der Waals surface area (Å²) in [5.41, 5.74) is 2.23. The zero-order valence-corrected chi connectivity index (χ0v) is 20.8. The third-order valence-electron chi connectivity index (χ3n) is 6.63. The van der Waals surface area contributed by atoms with E-state index in [1.54, 1.807) is 4.40 Å². The second-order valence-electron chi connectivity index (χ2n) is 9.73. The van der Waals surface area contributed by atoms with Crippen molar-refractivity contribution in [3.8, 4) is 11.3 Å². The number of pyridine rings is 1. The first-order valence-corrected chi connectivity index (χ1v) is 18.6. The van der Waals surface area contributed by atoms with E-state index in [1.165, 1.54) is 48.7 Å². The molecule has 1 heterocycles. The molecule has 0 fully saturated rings. The van der Waals surface area contributed by atoms with Gasteiger partial charge in [-0.2, -0.15) is 0 Å². The molecule has 0 unspecified atom stereocenters. The molecule has 1 aromatic heterocycles. The van der Waals surface area contributed by atoms with Crippen molar-refractivity contribution in [1.82, 2.24) is 4.98 Å². The quantitative estimate of drug-likeness (QED) is 0.184. The van der Waals surface area contributed by atoms with Gasteiger partial charge >= 0.3 is 185 Å². The molecule has 0 radical (unpaired) electrons. The third-order valence-corrected chi connectivity index (χ3v) is 10.9. The summed E-state index contributed by atoms with van der Waals surface area (Å²) in [5, 5.41) is 10.2. The van der Waals surface area contributed by atoms with E-state index >= 15 is 0 Å². The summed E-state index contributed by atoms with van der Waals surface area (Å²) in [6.45, 7) is 0. The molecule has 0 spiro atoms. The molecule has 0 atom stereocenters. The first kappa shape index (κ1) is 19.5. The normalized spacial score (nSPS) is 12.2. The van der Waals surface area contributed by atoms with Crippen LogP contribution in [0.3, 0.4) is 0 Å². The van der Waals surface area contributed by atoms with Crippen LogP contribution in [-0.4, -0.2) is 18.3 Å². The molecule has 6 aromatic rings. The van der Waals surface area contributed by atoms with Crippen molar-refractivity contribution in [1.29, 1.82) is 0 Å². The Labute approximate surface area is 191 Å². The van der Waals surface area contributed by atoms with Crippen molar-refractivity contribution in [3.63, 3.8) is 0 Å². The Morgan fingerprint density at radius 1 is 0.531 bits per heavy atom. The van der Waals surface area contributed by atoms with Crippen molar-refractivity contribution in [2.24, 2.45) is 0 Å². The molecule has 1 nitrogen and oxygen atoms in total. The molecule has 6 rings (SSSR count). The van der Waals surface area contributed by atoms with Crippen LogP contribution in [0.15, 0.2) is 97.2 Å². The predicted molar refractivity (Wildman–Crippen MR) is 143 cm³/mol. The molecule has 0 saturated heterocycles. The van der Waals surface area contributed by atoms with Crippen molar-refractivity contribution >= 4 is 60.8 Å². The molecule has 5 aromatic carbocycles. The number of nitrogens with zero attached hydrogens (tertiary/aromatic N) is 1. The van der Waals surface area contributed by atoms with Crippen LogP contribution in [0.5, 0.6) is 0 Å². The minimum absolute atomic E-state index is 1.03.